The van der Waals surface area contributed by atoms with Gasteiger partial charge in [-0.05, 0) is 211 Å². The number of hydrogen-bond acceptors (Lipinski definition) is 9. The van der Waals surface area contributed by atoms with Crippen molar-refractivity contribution < 1.29 is 28.7 Å². The number of nitrogens with two attached hydrogens (primary N) is 2. The van der Waals surface area contributed by atoms with Gasteiger partial charge in [0.25, 0.3) is 16.4 Å². The molecule has 6 N–H and O–H groups in total. The number of carbonyl (C=O) groups is 4. The summed E-state index contributed by atoms with van der Waals surface area (Å²) in [4.78, 5) is 45.8. The van der Waals surface area contributed by atoms with Crippen molar-refractivity contribution >= 4 is 68.1 Å². The number of hydrogen-bond donors (Lipinski definition) is 4. The second-order valence-electron chi connectivity index (χ2n) is 15.3. The molecule has 69 heavy (non-hydrogen) atoms. The van der Waals surface area contributed by atoms with Crippen LogP contribution < -0.4 is 31.6 Å². The van der Waals surface area contributed by atoms with Crippen molar-refractivity contribution in [2.45, 2.75) is 27.2 Å². The first-order chi connectivity index (χ1) is 32.8. The van der Waals surface area contributed by atoms with E-state index in [1.54, 1.807) is 97.1 Å². The maximum Gasteiger partial charge on any atom is 0.255 e. The Morgan fingerprint density at radius 3 is 1.01 bits per heavy atom. The minimum Gasteiger partial charge on any atom is -0.457 e. The van der Waals surface area contributed by atoms with Gasteiger partial charge in [0.05, 0.1) is 0 Å². The van der Waals surface area contributed by atoms with Crippen LogP contribution in [0.3, 0.4) is 0 Å². The zero-order chi connectivity index (χ0) is 48.4. The predicted molar refractivity (Wildman–Crippen MR) is 281 cm³/mol. The molecule has 8 rings (SSSR count). The fourth-order valence-electron chi connectivity index (χ4n) is 6.45. The molecule has 0 heterocycles. The van der Waals surface area contributed by atoms with Crippen molar-refractivity contribution in [2.75, 3.05) is 29.1 Å². The Morgan fingerprint density at radius 1 is 0.420 bits per heavy atom. The normalized spacial score (nSPS) is 10.1. The van der Waals surface area contributed by atoms with Crippen LogP contribution in [0.15, 0.2) is 194 Å². The van der Waals surface area contributed by atoms with Gasteiger partial charge < -0.3 is 31.6 Å². The summed E-state index contributed by atoms with van der Waals surface area (Å²) in [7, 11) is 1.90. The zero-order valence-electron chi connectivity index (χ0n) is 37.2. The van der Waals surface area contributed by atoms with Crippen LogP contribution in [0.5, 0.6) is 23.0 Å². The van der Waals surface area contributed by atoms with E-state index in [4.69, 9.17) is 44.1 Å². The van der Waals surface area contributed by atoms with Crippen LogP contribution in [0.1, 0.15) is 78.0 Å². The smallest absolute Gasteiger partial charge is 0.255 e. The number of nitrogen functional groups attached to an aromatic ring is 2. The molecule has 0 spiro atoms. The fraction of sp³-hybridized carbons (Fsp3) is 0.0877. The van der Waals surface area contributed by atoms with E-state index in [2.05, 4.69) is 34.9 Å². The number of carbonyl (C=O) groups excluding carboxylic acids is 4. The van der Waals surface area contributed by atoms with Gasteiger partial charge in [-0.3, -0.25) is 19.2 Å². The molecule has 10 nitrogen and oxygen atoms in total. The van der Waals surface area contributed by atoms with E-state index in [0.717, 1.165) is 35.6 Å². The van der Waals surface area contributed by atoms with E-state index in [9.17, 15) is 19.2 Å². The van der Waals surface area contributed by atoms with Crippen molar-refractivity contribution in [1.82, 2.24) is 0 Å². The Bertz CT molecular complexity index is 2810. The summed E-state index contributed by atoms with van der Waals surface area (Å²) in [5.74, 6) is 2.18. The van der Waals surface area contributed by atoms with E-state index >= 15 is 0 Å². The van der Waals surface area contributed by atoms with Crippen LogP contribution in [0.25, 0.3) is 0 Å². The standard InChI is InChI=1S/C29H26N2O3.C14H8Cl2O3.C13H14N2.CH4/c1-20(32)23-7-15-27(16-8-23)34-28-17-9-24(10-18-28)29(33)31-26-13-5-22(6-14-26)19-21-3-11-25(30-2)12-4-21;15-13(17)9-1-5-11(6-2-9)19-12-7-3-10(4-8-12)14(16)18;14-12-5-1-10(2-6-12)9-11-3-7-13(15)8-4-11;/h3-18,30H,19H2,1-2H3,(H,31,33);1-8H;1-8H,9,14-15H2;1H4. The van der Waals surface area contributed by atoms with Crippen LogP contribution in [0.2, 0.25) is 0 Å². The minimum absolute atomic E-state index is 0. The van der Waals surface area contributed by atoms with Gasteiger partial charge in [0, 0.05) is 52.1 Å². The van der Waals surface area contributed by atoms with Gasteiger partial charge in [-0.25, -0.2) is 0 Å². The summed E-state index contributed by atoms with van der Waals surface area (Å²) in [6.45, 7) is 1.53. The number of anilines is 4. The monoisotopic (exact) mass is 958 g/mol. The highest BCUT2D eigenvalue weighted by atomic mass is 35.5. The van der Waals surface area contributed by atoms with Gasteiger partial charge in [-0.2, -0.15) is 0 Å². The number of halogens is 2. The number of ether oxygens (including phenoxy) is 2. The Morgan fingerprint density at radius 2 is 0.710 bits per heavy atom. The highest BCUT2D eigenvalue weighted by Gasteiger charge is 2.09. The Labute approximate surface area is 412 Å². The van der Waals surface area contributed by atoms with Gasteiger partial charge >= 0.3 is 0 Å². The molecule has 350 valence electrons. The van der Waals surface area contributed by atoms with E-state index in [1.807, 2.05) is 79.8 Å². The molecule has 0 aliphatic carbocycles. The van der Waals surface area contributed by atoms with Crippen LogP contribution in [0.4, 0.5) is 22.7 Å². The molecule has 0 saturated heterocycles. The fourth-order valence-corrected chi connectivity index (χ4v) is 6.71. The average molecular weight is 960 g/mol. The molecular weight excluding hydrogens is 908 g/mol. The molecular formula is C57H52Cl2N4O6. The summed E-state index contributed by atoms with van der Waals surface area (Å²) in [5.41, 5.74) is 21.6. The molecule has 0 aliphatic heterocycles. The molecule has 0 fully saturated rings. The maximum atomic E-state index is 12.6. The van der Waals surface area contributed by atoms with E-state index < -0.39 is 10.5 Å². The number of amides is 1. The minimum atomic E-state index is -0.517. The molecule has 0 bridgehead atoms. The van der Waals surface area contributed by atoms with E-state index in [-0.39, 0.29) is 19.1 Å². The first-order valence-electron chi connectivity index (χ1n) is 21.3. The van der Waals surface area contributed by atoms with Crippen molar-refractivity contribution in [2.24, 2.45) is 0 Å². The number of ketones is 1. The summed E-state index contributed by atoms with van der Waals surface area (Å²) < 4.78 is 11.3. The second kappa shape index (κ2) is 25.7. The molecule has 0 atom stereocenters. The van der Waals surface area contributed by atoms with Crippen molar-refractivity contribution in [3.63, 3.8) is 0 Å². The number of Topliss-reactive ketones (excluding diaryl/α,β-unsaturated/α-hetero) is 1. The van der Waals surface area contributed by atoms with Crippen molar-refractivity contribution in [3.8, 4) is 23.0 Å². The zero-order valence-corrected chi connectivity index (χ0v) is 38.8. The van der Waals surface area contributed by atoms with E-state index in [1.165, 1.54) is 29.2 Å². The summed E-state index contributed by atoms with van der Waals surface area (Å²) >= 11 is 10.7. The van der Waals surface area contributed by atoms with Gasteiger partial charge in [-0.1, -0.05) is 56.0 Å². The molecule has 0 aliphatic rings. The molecule has 0 aromatic heterocycles. The first kappa shape index (κ1) is 51.8. The Balaban J connectivity index is 0.000000213. The Kier molecular flexibility index (Phi) is 19.3. The lowest BCUT2D eigenvalue weighted by molar-refractivity contribution is 0.101. The average Bonchev–Trinajstić information content (AvgIpc) is 3.35. The largest absolute Gasteiger partial charge is 0.457 e. The predicted octanol–water partition coefficient (Wildman–Crippen LogP) is 13.9. The molecule has 1 amide bonds. The lowest BCUT2D eigenvalue weighted by Gasteiger charge is -2.09. The number of nitrogens with one attached hydrogen (secondary N) is 2. The summed E-state index contributed by atoms with van der Waals surface area (Å²) in [5, 5.41) is 5.01. The highest BCUT2D eigenvalue weighted by molar-refractivity contribution is 6.68. The van der Waals surface area contributed by atoms with Crippen LogP contribution >= 0.6 is 23.2 Å². The van der Waals surface area contributed by atoms with Gasteiger partial charge in [0.2, 0.25) is 0 Å². The van der Waals surface area contributed by atoms with Crippen LogP contribution in [-0.4, -0.2) is 29.2 Å². The lowest BCUT2D eigenvalue weighted by Crippen LogP contribution is -2.11. The summed E-state index contributed by atoms with van der Waals surface area (Å²) in [6.07, 6.45) is 1.75. The second-order valence-corrected chi connectivity index (χ2v) is 16.0. The molecule has 0 radical (unpaired) electrons. The van der Waals surface area contributed by atoms with Gasteiger partial charge in [0.15, 0.2) is 5.78 Å². The molecule has 8 aromatic carbocycles. The lowest BCUT2D eigenvalue weighted by atomic mass is 10.0. The topological polar surface area (TPSA) is 163 Å². The SMILES string of the molecule is C.CNc1ccc(Cc2ccc(NC(=O)c3ccc(Oc4ccc(C(C)=O)cc4)cc3)cc2)cc1.Nc1ccc(Cc2ccc(N)cc2)cc1.O=C(Cl)c1ccc(Oc2ccc(C(=O)Cl)cc2)cc1. The van der Waals surface area contributed by atoms with Crippen LogP contribution in [-0.2, 0) is 12.8 Å². The molecule has 0 unspecified atom stereocenters. The van der Waals surface area contributed by atoms with Gasteiger partial charge in [-0.15, -0.1) is 0 Å². The molecule has 8 aromatic rings. The molecule has 12 heteroatoms. The highest BCUT2D eigenvalue weighted by Crippen LogP contribution is 2.25. The van der Waals surface area contributed by atoms with Crippen molar-refractivity contribution in [3.05, 3.63) is 239 Å². The van der Waals surface area contributed by atoms with Crippen molar-refractivity contribution in [1.29, 1.82) is 0 Å². The Hall–Kier alpha value is -8.18. The maximum absolute atomic E-state index is 12.6. The third kappa shape index (κ3) is 16.6. The van der Waals surface area contributed by atoms with Crippen LogP contribution in [0, 0.1) is 0 Å². The third-order valence-electron chi connectivity index (χ3n) is 10.2. The molecule has 0 saturated carbocycles. The van der Waals surface area contributed by atoms with E-state index in [0.29, 0.717) is 45.3 Å². The third-order valence-corrected chi connectivity index (χ3v) is 10.7. The van der Waals surface area contributed by atoms with Gasteiger partial charge in [0.1, 0.15) is 23.0 Å². The summed E-state index contributed by atoms with van der Waals surface area (Å²) in [6, 6.07) is 58.8. The quantitative estimate of drug-likeness (QED) is 0.0472. The number of benzene rings is 8. The first-order valence-corrected chi connectivity index (χ1v) is 22.1. The number of rotatable bonds is 14.